The van der Waals surface area contributed by atoms with Crippen molar-refractivity contribution in [2.24, 2.45) is 0 Å². The second-order valence-corrected chi connectivity index (χ2v) is 3.73. The number of aromatic nitrogens is 1. The van der Waals surface area contributed by atoms with Crippen LogP contribution in [0, 0.1) is 11.3 Å². The lowest BCUT2D eigenvalue weighted by atomic mass is 10.1. The maximum Gasteiger partial charge on any atom is 0.253 e. The van der Waals surface area contributed by atoms with Gasteiger partial charge in [-0.05, 0) is 30.3 Å². The fraction of sp³-hybridized carbons (Fsp3) is 0.0769. The van der Waals surface area contributed by atoms with Crippen LogP contribution in [0.5, 0.6) is 0 Å². The van der Waals surface area contributed by atoms with Crippen molar-refractivity contribution in [3.8, 4) is 11.8 Å². The normalized spacial score (nSPS) is 9.78. The molecule has 90 valence electrons. The Kier molecular flexibility index (Phi) is 3.02. The molecule has 5 nitrogen and oxygen atoms in total. The van der Waals surface area contributed by atoms with Gasteiger partial charge in [0.1, 0.15) is 11.8 Å². The second kappa shape index (κ2) is 4.63. The van der Waals surface area contributed by atoms with Gasteiger partial charge in [-0.15, -0.1) is 0 Å². The summed E-state index contributed by atoms with van der Waals surface area (Å²) in [5.41, 5.74) is 7.79. The highest BCUT2D eigenvalue weighted by molar-refractivity contribution is 5.98. The lowest BCUT2D eigenvalue weighted by molar-refractivity contribution is 0.0963. The molecule has 2 rings (SSSR count). The molecule has 0 fully saturated rings. The molecule has 2 aromatic rings. The number of nitriles is 1. The number of benzene rings is 1. The van der Waals surface area contributed by atoms with E-state index in [0.717, 1.165) is 0 Å². The van der Waals surface area contributed by atoms with Gasteiger partial charge in [0.25, 0.3) is 5.91 Å². The molecular formula is C13H12N4O. The van der Waals surface area contributed by atoms with Crippen molar-refractivity contribution in [1.29, 1.82) is 5.26 Å². The maximum absolute atomic E-state index is 11.8. The smallest absolute Gasteiger partial charge is 0.253 e. The first kappa shape index (κ1) is 11.7. The molecule has 5 heteroatoms. The van der Waals surface area contributed by atoms with Gasteiger partial charge in [0.05, 0.1) is 11.3 Å². The molecule has 0 unspecified atom stereocenters. The molecule has 0 bridgehead atoms. The van der Waals surface area contributed by atoms with Crippen molar-refractivity contribution in [2.75, 3.05) is 12.8 Å². The first-order valence-electron chi connectivity index (χ1n) is 5.37. The quantitative estimate of drug-likeness (QED) is 0.776. The van der Waals surface area contributed by atoms with Crippen molar-refractivity contribution >= 4 is 11.6 Å². The number of hydrogen-bond acceptors (Lipinski definition) is 3. The molecule has 0 saturated heterocycles. The monoisotopic (exact) mass is 240 g/mol. The van der Waals surface area contributed by atoms with Crippen molar-refractivity contribution < 1.29 is 4.79 Å². The number of amides is 1. The fourth-order valence-electron chi connectivity index (χ4n) is 1.76. The van der Waals surface area contributed by atoms with Gasteiger partial charge < -0.3 is 15.6 Å². The summed E-state index contributed by atoms with van der Waals surface area (Å²) in [5, 5.41) is 11.6. The third-order valence-corrected chi connectivity index (χ3v) is 2.62. The Morgan fingerprint density at radius 3 is 2.89 bits per heavy atom. The van der Waals surface area contributed by atoms with E-state index in [1.54, 1.807) is 48.1 Å². The minimum absolute atomic E-state index is 0.220. The maximum atomic E-state index is 11.8. The Morgan fingerprint density at radius 2 is 2.22 bits per heavy atom. The van der Waals surface area contributed by atoms with E-state index in [-0.39, 0.29) is 5.91 Å². The van der Waals surface area contributed by atoms with Crippen LogP contribution in [0.15, 0.2) is 36.5 Å². The van der Waals surface area contributed by atoms with E-state index < -0.39 is 0 Å². The molecule has 1 amide bonds. The highest BCUT2D eigenvalue weighted by Crippen LogP contribution is 2.20. The minimum Gasteiger partial charge on any atom is -0.399 e. The van der Waals surface area contributed by atoms with Crippen LogP contribution in [-0.4, -0.2) is 17.5 Å². The molecule has 0 spiro atoms. The molecule has 3 N–H and O–H groups in total. The van der Waals surface area contributed by atoms with Crippen LogP contribution in [0.1, 0.15) is 16.1 Å². The van der Waals surface area contributed by atoms with Crippen LogP contribution in [0.3, 0.4) is 0 Å². The summed E-state index contributed by atoms with van der Waals surface area (Å²) in [4.78, 5) is 11.8. The number of nitrogens with zero attached hydrogens (tertiary/aromatic N) is 2. The third-order valence-electron chi connectivity index (χ3n) is 2.62. The zero-order valence-electron chi connectivity index (χ0n) is 9.84. The zero-order chi connectivity index (χ0) is 13.1. The van der Waals surface area contributed by atoms with Crippen LogP contribution in [0.4, 0.5) is 5.69 Å². The Labute approximate surface area is 104 Å². The number of anilines is 1. The highest BCUT2D eigenvalue weighted by atomic mass is 16.1. The van der Waals surface area contributed by atoms with Crippen LogP contribution in [0.2, 0.25) is 0 Å². The number of nitrogens with two attached hydrogens (primary N) is 1. The van der Waals surface area contributed by atoms with Crippen molar-refractivity contribution in [1.82, 2.24) is 9.88 Å². The summed E-state index contributed by atoms with van der Waals surface area (Å²) >= 11 is 0. The molecule has 18 heavy (non-hydrogen) atoms. The van der Waals surface area contributed by atoms with Gasteiger partial charge in [-0.2, -0.15) is 5.26 Å². The lowest BCUT2D eigenvalue weighted by Crippen LogP contribution is -2.20. The largest absolute Gasteiger partial charge is 0.399 e. The van der Waals surface area contributed by atoms with Gasteiger partial charge >= 0.3 is 0 Å². The predicted octanol–water partition coefficient (Wildman–Crippen LogP) is 1.29. The van der Waals surface area contributed by atoms with Crippen molar-refractivity contribution in [2.45, 2.75) is 0 Å². The van der Waals surface area contributed by atoms with Crippen LogP contribution < -0.4 is 11.1 Å². The summed E-state index contributed by atoms with van der Waals surface area (Å²) in [6.07, 6.45) is 1.72. The van der Waals surface area contributed by atoms with Gasteiger partial charge in [-0.3, -0.25) is 4.79 Å². The molecule has 0 saturated carbocycles. The van der Waals surface area contributed by atoms with Crippen LogP contribution in [-0.2, 0) is 0 Å². The molecule has 1 heterocycles. The number of hydrogen-bond donors (Lipinski definition) is 2. The number of rotatable bonds is 2. The fourth-order valence-corrected chi connectivity index (χ4v) is 1.76. The predicted molar refractivity (Wildman–Crippen MR) is 68.3 cm³/mol. The lowest BCUT2D eigenvalue weighted by Gasteiger charge is -2.11. The van der Waals surface area contributed by atoms with Gasteiger partial charge in [0.15, 0.2) is 0 Å². The molecule has 1 aromatic carbocycles. The number of nitrogen functional groups attached to an aromatic ring is 1. The van der Waals surface area contributed by atoms with E-state index in [4.69, 9.17) is 11.0 Å². The summed E-state index contributed by atoms with van der Waals surface area (Å²) in [7, 11) is 1.56. The van der Waals surface area contributed by atoms with E-state index >= 15 is 0 Å². The van der Waals surface area contributed by atoms with Gasteiger partial charge in [0.2, 0.25) is 0 Å². The first-order chi connectivity index (χ1) is 8.67. The average Bonchev–Trinajstić information content (AvgIpc) is 2.85. The minimum atomic E-state index is -0.220. The van der Waals surface area contributed by atoms with Crippen LogP contribution in [0.25, 0.3) is 5.69 Å². The highest BCUT2D eigenvalue weighted by Gasteiger charge is 2.13. The second-order valence-electron chi connectivity index (χ2n) is 3.73. The summed E-state index contributed by atoms with van der Waals surface area (Å²) in [6, 6.07) is 10.5. The molecule has 0 radical (unpaired) electrons. The molecule has 0 aliphatic carbocycles. The van der Waals surface area contributed by atoms with E-state index in [1.807, 2.05) is 0 Å². The Bertz CT molecular complexity index is 637. The van der Waals surface area contributed by atoms with E-state index in [0.29, 0.717) is 22.6 Å². The summed E-state index contributed by atoms with van der Waals surface area (Å²) in [5.74, 6) is -0.220. The third kappa shape index (κ3) is 1.92. The Hall–Kier alpha value is -2.74. The molecular weight excluding hydrogens is 228 g/mol. The Morgan fingerprint density at radius 1 is 1.44 bits per heavy atom. The van der Waals surface area contributed by atoms with Gasteiger partial charge in [-0.1, -0.05) is 0 Å². The van der Waals surface area contributed by atoms with E-state index in [9.17, 15) is 4.79 Å². The number of carbonyl (C=O) groups excluding carboxylic acids is 1. The number of carbonyl (C=O) groups is 1. The Balaban J connectivity index is 2.66. The topological polar surface area (TPSA) is 83.8 Å². The SMILES string of the molecule is CNC(=O)c1ccc(N)cc1-n1cccc1C#N. The molecule has 0 atom stereocenters. The summed E-state index contributed by atoms with van der Waals surface area (Å²) in [6.45, 7) is 0. The van der Waals surface area contributed by atoms with E-state index in [1.165, 1.54) is 0 Å². The van der Waals surface area contributed by atoms with E-state index in [2.05, 4.69) is 11.4 Å². The van der Waals surface area contributed by atoms with Crippen LogP contribution >= 0.6 is 0 Å². The van der Waals surface area contributed by atoms with Gasteiger partial charge in [-0.25, -0.2) is 0 Å². The average molecular weight is 240 g/mol. The summed E-state index contributed by atoms with van der Waals surface area (Å²) < 4.78 is 1.64. The first-order valence-corrected chi connectivity index (χ1v) is 5.37. The zero-order valence-corrected chi connectivity index (χ0v) is 9.84. The van der Waals surface area contributed by atoms with Crippen molar-refractivity contribution in [3.63, 3.8) is 0 Å². The standard InChI is InChI=1S/C13H12N4O/c1-16-13(18)11-5-4-9(15)7-12(11)17-6-2-3-10(17)8-14/h2-7H,15H2,1H3,(H,16,18). The molecule has 0 aliphatic rings. The number of nitrogens with one attached hydrogen (secondary N) is 1. The molecule has 0 aliphatic heterocycles. The van der Waals surface area contributed by atoms with Crippen molar-refractivity contribution in [3.05, 3.63) is 47.8 Å². The van der Waals surface area contributed by atoms with Gasteiger partial charge in [0, 0.05) is 18.9 Å². The molecule has 1 aromatic heterocycles.